The minimum atomic E-state index is 0.443. The number of nitriles is 1. The molecule has 0 spiro atoms. The van der Waals surface area contributed by atoms with Gasteiger partial charge in [0, 0.05) is 12.2 Å². The van der Waals surface area contributed by atoms with Gasteiger partial charge in [0.1, 0.15) is 5.75 Å². The molecule has 3 nitrogen and oxygen atoms in total. The molecule has 0 fully saturated rings. The average molecular weight is 410 g/mol. The zero-order chi connectivity index (χ0) is 15.2. The van der Waals surface area contributed by atoms with Crippen LogP contribution in [0.1, 0.15) is 11.1 Å². The lowest BCUT2D eigenvalue weighted by Crippen LogP contribution is -2.00. The van der Waals surface area contributed by atoms with Crippen LogP contribution in [-0.2, 0) is 13.0 Å². The van der Waals surface area contributed by atoms with Crippen molar-refractivity contribution in [3.63, 3.8) is 0 Å². The highest BCUT2D eigenvalue weighted by Crippen LogP contribution is 2.34. The van der Waals surface area contributed by atoms with E-state index in [4.69, 9.17) is 10.00 Å². The van der Waals surface area contributed by atoms with Gasteiger partial charge in [-0.3, -0.25) is 0 Å². The number of halogens is 2. The molecule has 1 N–H and O–H groups in total. The first-order valence-electron chi connectivity index (χ1n) is 6.35. The summed E-state index contributed by atoms with van der Waals surface area (Å²) in [6.07, 6.45) is 0.443. The molecule has 2 rings (SSSR count). The number of rotatable bonds is 5. The van der Waals surface area contributed by atoms with Crippen LogP contribution < -0.4 is 10.1 Å². The van der Waals surface area contributed by atoms with E-state index < -0.39 is 0 Å². The average Bonchev–Trinajstić information content (AvgIpc) is 2.47. The molecule has 0 saturated carbocycles. The highest BCUT2D eigenvalue weighted by Gasteiger charge is 2.07. The van der Waals surface area contributed by atoms with Crippen LogP contribution in [0.25, 0.3) is 0 Å². The van der Waals surface area contributed by atoms with E-state index in [2.05, 4.69) is 43.2 Å². The van der Waals surface area contributed by atoms with Gasteiger partial charge in [-0.2, -0.15) is 5.26 Å². The molecule has 0 amide bonds. The van der Waals surface area contributed by atoms with Crippen LogP contribution in [0.2, 0.25) is 0 Å². The Kier molecular flexibility index (Phi) is 5.66. The number of anilines is 1. The molecule has 0 aliphatic heterocycles. The van der Waals surface area contributed by atoms with Gasteiger partial charge in [-0.1, -0.05) is 12.1 Å². The minimum absolute atomic E-state index is 0.443. The van der Waals surface area contributed by atoms with Crippen molar-refractivity contribution in [2.45, 2.75) is 13.0 Å². The summed E-state index contributed by atoms with van der Waals surface area (Å²) in [7, 11) is 1.64. The molecule has 0 heterocycles. The largest absolute Gasteiger partial charge is 0.494 e. The molecular weight excluding hydrogens is 396 g/mol. The van der Waals surface area contributed by atoms with Crippen LogP contribution >= 0.6 is 31.9 Å². The molecule has 0 aliphatic carbocycles. The summed E-state index contributed by atoms with van der Waals surface area (Å²) in [5.41, 5.74) is 3.19. The van der Waals surface area contributed by atoms with Crippen LogP contribution in [0.4, 0.5) is 5.69 Å². The summed E-state index contributed by atoms with van der Waals surface area (Å²) in [4.78, 5) is 0. The number of nitrogens with zero attached hydrogens (tertiary/aromatic N) is 1. The van der Waals surface area contributed by atoms with E-state index in [0.717, 1.165) is 31.5 Å². The Morgan fingerprint density at radius 1 is 1.10 bits per heavy atom. The normalized spacial score (nSPS) is 10.0. The maximum absolute atomic E-state index is 8.65. The Hall–Kier alpha value is -1.51. The SMILES string of the molecule is COc1c(Br)cc(CNc2ccc(CC#N)cc2)cc1Br. The maximum Gasteiger partial charge on any atom is 0.147 e. The number of hydrogen-bond acceptors (Lipinski definition) is 3. The zero-order valence-electron chi connectivity index (χ0n) is 11.5. The van der Waals surface area contributed by atoms with Crippen molar-refractivity contribution in [3.05, 3.63) is 56.5 Å². The Morgan fingerprint density at radius 2 is 1.71 bits per heavy atom. The number of benzene rings is 2. The topological polar surface area (TPSA) is 45.0 Å². The number of hydrogen-bond donors (Lipinski definition) is 1. The van der Waals surface area contributed by atoms with Crippen LogP contribution in [0.5, 0.6) is 5.75 Å². The standard InChI is InChI=1S/C16H14Br2N2O/c1-21-16-14(17)8-12(9-15(16)18)10-20-13-4-2-11(3-5-13)6-7-19/h2-5,8-9,20H,6,10H2,1H3. The van der Waals surface area contributed by atoms with E-state index in [1.54, 1.807) is 7.11 Å². The molecular formula is C16H14Br2N2O. The van der Waals surface area contributed by atoms with E-state index in [-0.39, 0.29) is 0 Å². The van der Waals surface area contributed by atoms with E-state index in [0.29, 0.717) is 13.0 Å². The van der Waals surface area contributed by atoms with Gasteiger partial charge in [0.05, 0.1) is 28.5 Å². The lowest BCUT2D eigenvalue weighted by molar-refractivity contribution is 0.409. The number of ether oxygens (including phenoxy) is 1. The second-order valence-corrected chi connectivity index (χ2v) is 6.19. The van der Waals surface area contributed by atoms with Crippen molar-refractivity contribution in [1.29, 1.82) is 5.26 Å². The number of nitrogens with one attached hydrogen (secondary N) is 1. The van der Waals surface area contributed by atoms with E-state index in [1.165, 1.54) is 0 Å². The second kappa shape index (κ2) is 7.48. The lowest BCUT2D eigenvalue weighted by atomic mass is 10.1. The molecule has 0 aliphatic rings. The van der Waals surface area contributed by atoms with Crippen molar-refractivity contribution in [1.82, 2.24) is 0 Å². The number of methoxy groups -OCH3 is 1. The van der Waals surface area contributed by atoms with Crippen molar-refractivity contribution in [2.75, 3.05) is 12.4 Å². The first kappa shape index (κ1) is 15.9. The van der Waals surface area contributed by atoms with E-state index >= 15 is 0 Å². The summed E-state index contributed by atoms with van der Waals surface area (Å²) >= 11 is 7.00. The molecule has 2 aromatic rings. The van der Waals surface area contributed by atoms with Crippen molar-refractivity contribution < 1.29 is 4.74 Å². The summed E-state index contributed by atoms with van der Waals surface area (Å²) in [6, 6.07) is 14.1. The van der Waals surface area contributed by atoms with Crippen LogP contribution in [-0.4, -0.2) is 7.11 Å². The third-order valence-corrected chi connectivity index (χ3v) is 4.17. The molecule has 0 aromatic heterocycles. The molecule has 0 atom stereocenters. The maximum atomic E-state index is 8.65. The second-order valence-electron chi connectivity index (χ2n) is 4.48. The third kappa shape index (κ3) is 4.23. The Bertz CT molecular complexity index is 640. The third-order valence-electron chi connectivity index (χ3n) is 3.00. The van der Waals surface area contributed by atoms with E-state index in [1.807, 2.05) is 36.4 Å². The van der Waals surface area contributed by atoms with Gasteiger partial charge in [-0.25, -0.2) is 0 Å². The monoisotopic (exact) mass is 408 g/mol. The predicted molar refractivity (Wildman–Crippen MR) is 91.5 cm³/mol. The van der Waals surface area contributed by atoms with Gasteiger partial charge in [0.25, 0.3) is 0 Å². The molecule has 0 radical (unpaired) electrons. The van der Waals surface area contributed by atoms with Crippen molar-refractivity contribution in [2.24, 2.45) is 0 Å². The van der Waals surface area contributed by atoms with Gasteiger partial charge >= 0.3 is 0 Å². The van der Waals surface area contributed by atoms with Gasteiger partial charge < -0.3 is 10.1 Å². The predicted octanol–water partition coefficient (Wildman–Crippen LogP) is 4.90. The van der Waals surface area contributed by atoms with Crippen LogP contribution in [0.3, 0.4) is 0 Å². The first-order chi connectivity index (χ1) is 10.1. The fraction of sp³-hybridized carbons (Fsp3) is 0.188. The first-order valence-corrected chi connectivity index (χ1v) is 7.94. The van der Waals surface area contributed by atoms with Gasteiger partial charge in [0.2, 0.25) is 0 Å². The van der Waals surface area contributed by atoms with Gasteiger partial charge in [-0.15, -0.1) is 0 Å². The quantitative estimate of drug-likeness (QED) is 0.763. The molecule has 21 heavy (non-hydrogen) atoms. The van der Waals surface area contributed by atoms with Gasteiger partial charge in [-0.05, 0) is 67.3 Å². The molecule has 108 valence electrons. The summed E-state index contributed by atoms with van der Waals surface area (Å²) in [5.74, 6) is 0.791. The molecule has 2 aromatic carbocycles. The molecule has 0 saturated heterocycles. The van der Waals surface area contributed by atoms with Crippen LogP contribution in [0.15, 0.2) is 45.3 Å². The molecule has 0 unspecified atom stereocenters. The highest BCUT2D eigenvalue weighted by atomic mass is 79.9. The molecule has 5 heteroatoms. The summed E-state index contributed by atoms with van der Waals surface area (Å²) in [6.45, 7) is 0.707. The van der Waals surface area contributed by atoms with Crippen LogP contribution in [0, 0.1) is 11.3 Å². The fourth-order valence-corrected chi connectivity index (χ4v) is 3.55. The van der Waals surface area contributed by atoms with Crippen molar-refractivity contribution in [3.8, 4) is 11.8 Å². The Morgan fingerprint density at radius 3 is 2.24 bits per heavy atom. The Balaban J connectivity index is 2.04. The van der Waals surface area contributed by atoms with E-state index in [9.17, 15) is 0 Å². The van der Waals surface area contributed by atoms with Gasteiger partial charge in [0.15, 0.2) is 0 Å². The molecule has 0 bridgehead atoms. The zero-order valence-corrected chi connectivity index (χ0v) is 14.7. The smallest absolute Gasteiger partial charge is 0.147 e. The Labute approximate surface area is 141 Å². The summed E-state index contributed by atoms with van der Waals surface area (Å²) < 4.78 is 7.12. The summed E-state index contributed by atoms with van der Waals surface area (Å²) in [5, 5.41) is 12.0. The van der Waals surface area contributed by atoms with Crippen molar-refractivity contribution >= 4 is 37.5 Å². The fourth-order valence-electron chi connectivity index (χ4n) is 1.95. The lowest BCUT2D eigenvalue weighted by Gasteiger charge is -2.11. The minimum Gasteiger partial charge on any atom is -0.494 e. The highest BCUT2D eigenvalue weighted by molar-refractivity contribution is 9.11.